The van der Waals surface area contributed by atoms with Crippen LogP contribution >= 0.6 is 0 Å². The Kier molecular flexibility index (Phi) is 8.85. The molecular formula is C16F28N2O4. The van der Waals surface area contributed by atoms with Crippen LogP contribution in [0.2, 0.25) is 0 Å². The minimum atomic E-state index is -8.60. The Balaban J connectivity index is 2.56. The van der Waals surface area contributed by atoms with Gasteiger partial charge in [-0.3, -0.25) is 0 Å². The van der Waals surface area contributed by atoms with Crippen LogP contribution in [0, 0.1) is 0 Å². The second-order valence-electron chi connectivity index (χ2n) is 9.26. The van der Waals surface area contributed by atoms with Gasteiger partial charge in [-0.1, -0.05) is 0 Å². The molecule has 0 atom stereocenters. The molecule has 34 heteroatoms. The van der Waals surface area contributed by atoms with Crippen molar-refractivity contribution in [3.05, 3.63) is 0 Å². The van der Waals surface area contributed by atoms with E-state index in [0.717, 1.165) is 0 Å². The van der Waals surface area contributed by atoms with Crippen molar-refractivity contribution in [2.45, 2.75) is 83.7 Å². The molecule has 6 nitrogen and oxygen atoms in total. The van der Waals surface area contributed by atoms with E-state index in [0.29, 0.717) is 0 Å². The maximum atomic E-state index is 14.1. The van der Waals surface area contributed by atoms with E-state index in [-0.39, 0.29) is 0 Å². The van der Waals surface area contributed by atoms with Gasteiger partial charge in [-0.15, -0.1) is 9.80 Å². The third-order valence-corrected chi connectivity index (χ3v) is 6.23. The number of hydrogen-bond donors (Lipinski definition) is 0. The van der Waals surface area contributed by atoms with E-state index >= 15 is 0 Å². The third kappa shape index (κ3) is 4.42. The van der Waals surface area contributed by atoms with Crippen molar-refractivity contribution >= 4 is 11.9 Å². The lowest BCUT2D eigenvalue weighted by atomic mass is 9.92. The maximum Gasteiger partial charge on any atom is 0.432 e. The summed E-state index contributed by atoms with van der Waals surface area (Å²) < 4.78 is 381. The predicted molar refractivity (Wildman–Crippen MR) is 85.1 cm³/mol. The number of piperidine rings is 2. The van der Waals surface area contributed by atoms with E-state index in [1.807, 2.05) is 9.78 Å². The lowest BCUT2D eigenvalue weighted by Gasteiger charge is -2.53. The Morgan fingerprint density at radius 1 is 0.340 bits per heavy atom. The van der Waals surface area contributed by atoms with Gasteiger partial charge in [0.15, 0.2) is 0 Å². The highest BCUT2D eigenvalue weighted by atomic mass is 19.4. The summed E-state index contributed by atoms with van der Waals surface area (Å²) in [5.41, 5.74) is 0. The second kappa shape index (κ2) is 10.3. The number of carbonyl (C=O) groups excluding carboxylic acids is 2. The van der Waals surface area contributed by atoms with E-state index in [9.17, 15) is 133 Å². The summed E-state index contributed by atoms with van der Waals surface area (Å²) in [6.45, 7) is 0. The number of carbonyl (C=O) groups is 2. The maximum absolute atomic E-state index is 14.1. The molecule has 2 aliphatic rings. The zero-order valence-electron chi connectivity index (χ0n) is 21.1. The van der Waals surface area contributed by atoms with Crippen molar-refractivity contribution in [3.63, 3.8) is 0 Å². The molecule has 0 aromatic heterocycles. The summed E-state index contributed by atoms with van der Waals surface area (Å²) in [6.07, 6.45) is 0. The molecule has 294 valence electrons. The molecule has 2 heterocycles. The Hall–Kier alpha value is -3.10. The zero-order chi connectivity index (χ0) is 40.7. The SMILES string of the molecule is O=C(OOC(=O)C(F)(F)C(F)(F)N1C(F)(F)C(F)(F)C(F)(F)C(F)(F)C1(F)F)C(F)(F)C(F)(F)N1C(F)(F)C(F)(F)C(F)(F)C(F)(F)C1(F)F. The molecule has 0 aliphatic carbocycles. The topological polar surface area (TPSA) is 59.1 Å². The lowest BCUT2D eigenvalue weighted by Crippen LogP contribution is -2.86. The number of rotatable bonds is 6. The Bertz CT molecular complexity index is 1240. The van der Waals surface area contributed by atoms with Crippen LogP contribution in [-0.2, 0) is 19.4 Å². The Morgan fingerprint density at radius 2 is 0.500 bits per heavy atom. The fraction of sp³-hybridized carbons (Fsp3) is 0.875. The van der Waals surface area contributed by atoms with Gasteiger partial charge in [0.1, 0.15) is 0 Å². The summed E-state index contributed by atoms with van der Waals surface area (Å²) in [5.74, 6) is -76.4. The molecule has 50 heavy (non-hydrogen) atoms. The van der Waals surface area contributed by atoms with Gasteiger partial charge in [-0.25, -0.2) is 19.4 Å². The first-order chi connectivity index (χ1) is 21.3. The van der Waals surface area contributed by atoms with Crippen molar-refractivity contribution in [1.29, 1.82) is 0 Å². The quantitative estimate of drug-likeness (QED) is 0.122. The number of halogens is 28. The third-order valence-electron chi connectivity index (χ3n) is 6.23. The summed E-state index contributed by atoms with van der Waals surface area (Å²) in [7, 11) is 0. The van der Waals surface area contributed by atoms with E-state index in [1.165, 1.54) is 0 Å². The van der Waals surface area contributed by atoms with Crippen LogP contribution in [0.25, 0.3) is 0 Å². The second-order valence-corrected chi connectivity index (χ2v) is 9.26. The Labute approximate surface area is 249 Å². The molecule has 2 aliphatic heterocycles. The van der Waals surface area contributed by atoms with Gasteiger partial charge >= 0.3 is 95.6 Å². The molecule has 2 fully saturated rings. The predicted octanol–water partition coefficient (Wildman–Crippen LogP) is 7.26. The van der Waals surface area contributed by atoms with Gasteiger partial charge in [0.25, 0.3) is 0 Å². The fourth-order valence-electron chi connectivity index (χ4n) is 3.48. The summed E-state index contributed by atoms with van der Waals surface area (Å²) in [4.78, 5) is 16.3. The average Bonchev–Trinajstić information content (AvgIpc) is 2.87. The van der Waals surface area contributed by atoms with E-state index in [1.54, 1.807) is 0 Å². The van der Waals surface area contributed by atoms with Gasteiger partial charge in [0.05, 0.1) is 0 Å². The van der Waals surface area contributed by atoms with Crippen molar-refractivity contribution in [1.82, 2.24) is 9.80 Å². The Morgan fingerprint density at radius 3 is 0.660 bits per heavy atom. The van der Waals surface area contributed by atoms with Gasteiger partial charge in [-0.05, 0) is 0 Å². The van der Waals surface area contributed by atoms with E-state index in [4.69, 9.17) is 0 Å². The molecule has 0 unspecified atom stereocenters. The van der Waals surface area contributed by atoms with Crippen molar-refractivity contribution < 1.29 is 142 Å². The highest BCUT2D eigenvalue weighted by molar-refractivity contribution is 5.82. The molecule has 0 bridgehead atoms. The largest absolute Gasteiger partial charge is 0.432 e. The summed E-state index contributed by atoms with van der Waals surface area (Å²) in [6, 6.07) is -50.8. The number of alkyl halides is 28. The molecule has 2 saturated heterocycles. The molecule has 0 radical (unpaired) electrons. The smallest absolute Gasteiger partial charge is 0.240 e. The molecule has 0 N–H and O–H groups in total. The van der Waals surface area contributed by atoms with Crippen LogP contribution in [0.1, 0.15) is 0 Å². The lowest BCUT2D eigenvalue weighted by molar-refractivity contribution is -0.546. The molecule has 2 rings (SSSR count). The first-order valence-electron chi connectivity index (χ1n) is 10.6. The van der Waals surface area contributed by atoms with Crippen molar-refractivity contribution in [2.75, 3.05) is 0 Å². The van der Waals surface area contributed by atoms with Crippen LogP contribution in [0.5, 0.6) is 0 Å². The molecule has 0 saturated carbocycles. The number of likely N-dealkylation sites (tertiary alicyclic amines) is 2. The van der Waals surface area contributed by atoms with Gasteiger partial charge in [-0.2, -0.15) is 123 Å². The highest BCUT2D eigenvalue weighted by Gasteiger charge is 3.01. The highest BCUT2D eigenvalue weighted by Crippen LogP contribution is 2.69. The van der Waals surface area contributed by atoms with Crippen LogP contribution in [0.15, 0.2) is 0 Å². The monoisotopic (exact) mass is 816 g/mol. The number of hydrogen-bond acceptors (Lipinski definition) is 6. The molecule has 0 spiro atoms. The fourth-order valence-corrected chi connectivity index (χ4v) is 3.48. The van der Waals surface area contributed by atoms with Gasteiger partial charge in [0, 0.05) is 0 Å². The van der Waals surface area contributed by atoms with E-state index in [2.05, 4.69) is 0 Å². The zero-order valence-corrected chi connectivity index (χ0v) is 21.1. The summed E-state index contributed by atoms with van der Waals surface area (Å²) >= 11 is 0. The molecule has 0 aromatic rings. The van der Waals surface area contributed by atoms with Crippen LogP contribution in [0.3, 0.4) is 0 Å². The summed E-state index contributed by atoms with van der Waals surface area (Å²) in [5, 5.41) is 0. The van der Waals surface area contributed by atoms with Crippen LogP contribution < -0.4 is 0 Å². The standard InChI is InChI=1S/C16F28N2O4/c17-3(18,11(33,34)45-13(37,38)7(25,26)5(21,22)8(27,28)14(45,39)40)1(47)49-50-2(48)4(19,20)12(35,36)46-15(41,42)9(29,30)6(23,24)10(31,32)16(46,43)44. The van der Waals surface area contributed by atoms with Crippen LogP contribution in [-0.4, -0.2) is 105 Å². The normalized spacial score (nSPS) is 28.0. The van der Waals surface area contributed by atoms with Crippen LogP contribution in [0.4, 0.5) is 123 Å². The van der Waals surface area contributed by atoms with Gasteiger partial charge in [0.2, 0.25) is 0 Å². The average molecular weight is 816 g/mol. The van der Waals surface area contributed by atoms with Gasteiger partial charge < -0.3 is 0 Å². The number of nitrogens with zero attached hydrogens (tertiary/aromatic N) is 2. The minimum Gasteiger partial charge on any atom is -0.240 e. The molecule has 0 aromatic carbocycles. The molecular weight excluding hydrogens is 816 g/mol. The van der Waals surface area contributed by atoms with Crippen molar-refractivity contribution in [2.24, 2.45) is 0 Å². The minimum absolute atomic E-state index is 1.83. The molecule has 0 amide bonds. The first-order valence-corrected chi connectivity index (χ1v) is 10.6. The van der Waals surface area contributed by atoms with Crippen molar-refractivity contribution in [3.8, 4) is 0 Å². The first kappa shape index (κ1) is 43.1. The van der Waals surface area contributed by atoms with E-state index < -0.39 is 105 Å².